The minimum atomic E-state index is -1.26. The number of hydrogen-bond acceptors (Lipinski definition) is 5. The van der Waals surface area contributed by atoms with Crippen molar-refractivity contribution >= 4 is 29.2 Å². The van der Waals surface area contributed by atoms with E-state index in [1.54, 1.807) is 18.4 Å². The Morgan fingerprint density at radius 2 is 1.73 bits per heavy atom. The van der Waals surface area contributed by atoms with Crippen LogP contribution in [0.1, 0.15) is 27.7 Å². The van der Waals surface area contributed by atoms with E-state index >= 15 is 0 Å². The quantitative estimate of drug-likeness (QED) is 0.531. The number of urea groups is 1. The Labute approximate surface area is 177 Å². The number of hydrogen-bond donors (Lipinski definition) is 3. The first-order valence-corrected chi connectivity index (χ1v) is 10.2. The maximum atomic E-state index is 12.7. The summed E-state index contributed by atoms with van der Waals surface area (Å²) < 4.78 is 5.76. The van der Waals surface area contributed by atoms with Crippen molar-refractivity contribution in [3.8, 4) is 11.5 Å². The van der Waals surface area contributed by atoms with Crippen LogP contribution in [0.4, 0.5) is 4.79 Å². The molecule has 8 heteroatoms. The molecule has 1 aliphatic rings. The molecule has 3 aromatic rings. The van der Waals surface area contributed by atoms with Crippen LogP contribution in [0.5, 0.6) is 11.5 Å². The number of ether oxygens (including phenoxy) is 1. The van der Waals surface area contributed by atoms with Gasteiger partial charge < -0.3 is 15.4 Å². The summed E-state index contributed by atoms with van der Waals surface area (Å²) in [5.74, 6) is 0.663. The Balaban J connectivity index is 1.41. The molecule has 2 aromatic carbocycles. The highest BCUT2D eigenvalue weighted by Gasteiger charge is 2.46. The number of rotatable bonds is 6. The van der Waals surface area contributed by atoms with E-state index in [-0.39, 0.29) is 5.91 Å². The number of carbonyl (C=O) groups is 3. The first kappa shape index (κ1) is 19.7. The van der Waals surface area contributed by atoms with Gasteiger partial charge in [0.2, 0.25) is 0 Å². The zero-order valence-corrected chi connectivity index (χ0v) is 16.9. The van der Waals surface area contributed by atoms with Gasteiger partial charge in [-0.15, -0.1) is 11.3 Å². The SMILES string of the molecule is CC1(c2sccc2C(=O)NCc2ccc(Oc3ccccc3)cc2)NC(=O)NC1=O. The highest BCUT2D eigenvalue weighted by molar-refractivity contribution is 7.10. The van der Waals surface area contributed by atoms with Crippen LogP contribution in [0.2, 0.25) is 0 Å². The van der Waals surface area contributed by atoms with Gasteiger partial charge in [0.15, 0.2) is 5.54 Å². The van der Waals surface area contributed by atoms with E-state index in [1.165, 1.54) is 11.3 Å². The van der Waals surface area contributed by atoms with Crippen molar-refractivity contribution in [3.05, 3.63) is 82.0 Å². The standard InChI is InChI=1S/C22H19N3O4S/c1-22(20(27)24-21(28)25-22)18-17(11-12-30-18)19(26)23-13-14-7-9-16(10-8-14)29-15-5-3-2-4-6-15/h2-12H,13H2,1H3,(H,23,26)(H2,24,25,27,28). The molecule has 7 nitrogen and oxygen atoms in total. The second-order valence-electron chi connectivity index (χ2n) is 6.94. The molecule has 2 heterocycles. The third kappa shape index (κ3) is 3.90. The van der Waals surface area contributed by atoms with Crippen LogP contribution in [0.3, 0.4) is 0 Å². The van der Waals surface area contributed by atoms with Gasteiger partial charge in [0.1, 0.15) is 11.5 Å². The largest absolute Gasteiger partial charge is 0.457 e. The molecule has 3 N–H and O–H groups in total. The Morgan fingerprint density at radius 3 is 2.40 bits per heavy atom. The summed E-state index contributed by atoms with van der Waals surface area (Å²) in [7, 11) is 0. The molecular formula is C22H19N3O4S. The minimum Gasteiger partial charge on any atom is -0.457 e. The average molecular weight is 421 g/mol. The van der Waals surface area contributed by atoms with E-state index < -0.39 is 17.5 Å². The van der Waals surface area contributed by atoms with Gasteiger partial charge in [-0.1, -0.05) is 30.3 Å². The monoisotopic (exact) mass is 421 g/mol. The lowest BCUT2D eigenvalue weighted by Crippen LogP contribution is -2.41. The molecule has 0 bridgehead atoms. The molecule has 30 heavy (non-hydrogen) atoms. The summed E-state index contributed by atoms with van der Waals surface area (Å²) in [6.07, 6.45) is 0. The van der Waals surface area contributed by atoms with Crippen LogP contribution in [-0.2, 0) is 16.9 Å². The second-order valence-corrected chi connectivity index (χ2v) is 7.85. The van der Waals surface area contributed by atoms with Gasteiger partial charge in [0.25, 0.3) is 11.8 Å². The van der Waals surface area contributed by atoms with Crippen LogP contribution in [0, 0.1) is 0 Å². The van der Waals surface area contributed by atoms with E-state index in [2.05, 4.69) is 16.0 Å². The molecule has 1 aliphatic heterocycles. The minimum absolute atomic E-state index is 0.314. The fraction of sp³-hybridized carbons (Fsp3) is 0.136. The third-order valence-electron chi connectivity index (χ3n) is 4.76. The smallest absolute Gasteiger partial charge is 0.322 e. The predicted molar refractivity (Wildman–Crippen MR) is 112 cm³/mol. The number of benzene rings is 2. The molecule has 0 saturated carbocycles. The molecule has 1 aromatic heterocycles. The van der Waals surface area contributed by atoms with Gasteiger partial charge in [-0.25, -0.2) is 4.79 Å². The van der Waals surface area contributed by atoms with E-state index in [4.69, 9.17) is 4.74 Å². The van der Waals surface area contributed by atoms with Crippen molar-refractivity contribution in [2.24, 2.45) is 0 Å². The zero-order chi connectivity index (χ0) is 21.1. The number of para-hydroxylation sites is 1. The lowest BCUT2D eigenvalue weighted by atomic mass is 9.97. The summed E-state index contributed by atoms with van der Waals surface area (Å²) in [6.45, 7) is 1.90. The van der Waals surface area contributed by atoms with E-state index in [0.29, 0.717) is 22.7 Å². The van der Waals surface area contributed by atoms with Crippen LogP contribution < -0.4 is 20.7 Å². The molecule has 0 radical (unpaired) electrons. The molecular weight excluding hydrogens is 402 g/mol. The Kier molecular flexibility index (Phi) is 5.24. The van der Waals surface area contributed by atoms with Crippen molar-refractivity contribution in [2.45, 2.75) is 19.0 Å². The number of carbonyl (C=O) groups excluding carboxylic acids is 3. The van der Waals surface area contributed by atoms with Crippen molar-refractivity contribution in [1.82, 2.24) is 16.0 Å². The fourth-order valence-electron chi connectivity index (χ4n) is 3.16. The first-order valence-electron chi connectivity index (χ1n) is 9.27. The molecule has 4 amide bonds. The molecule has 1 unspecified atom stereocenters. The van der Waals surface area contributed by atoms with Crippen molar-refractivity contribution in [1.29, 1.82) is 0 Å². The van der Waals surface area contributed by atoms with E-state index in [9.17, 15) is 14.4 Å². The topological polar surface area (TPSA) is 96.5 Å². The number of imide groups is 1. The van der Waals surface area contributed by atoms with Gasteiger partial charge >= 0.3 is 6.03 Å². The maximum Gasteiger partial charge on any atom is 0.322 e. The number of thiophene rings is 1. The average Bonchev–Trinajstić information content (AvgIpc) is 3.33. The Morgan fingerprint density at radius 1 is 1.03 bits per heavy atom. The molecule has 0 spiro atoms. The van der Waals surface area contributed by atoms with Gasteiger partial charge in [-0.3, -0.25) is 14.9 Å². The summed E-state index contributed by atoms with van der Waals surface area (Å²) in [6, 6.07) is 18.0. The molecule has 4 rings (SSSR count). The highest BCUT2D eigenvalue weighted by atomic mass is 32.1. The molecule has 152 valence electrons. The molecule has 0 aliphatic carbocycles. The molecule has 1 fully saturated rings. The summed E-state index contributed by atoms with van der Waals surface area (Å²) in [5.41, 5.74) is 0.0106. The summed E-state index contributed by atoms with van der Waals surface area (Å²) in [5, 5.41) is 9.40. The van der Waals surface area contributed by atoms with Crippen LogP contribution in [-0.4, -0.2) is 17.8 Å². The predicted octanol–water partition coefficient (Wildman–Crippen LogP) is 3.53. The summed E-state index contributed by atoms with van der Waals surface area (Å²) >= 11 is 1.25. The molecule has 1 atom stereocenters. The number of amides is 4. The third-order valence-corrected chi connectivity index (χ3v) is 5.90. The van der Waals surface area contributed by atoms with Gasteiger partial charge in [0, 0.05) is 6.54 Å². The Hall–Kier alpha value is -3.65. The van der Waals surface area contributed by atoms with Gasteiger partial charge in [-0.05, 0) is 48.2 Å². The van der Waals surface area contributed by atoms with Crippen molar-refractivity contribution < 1.29 is 19.1 Å². The van der Waals surface area contributed by atoms with Crippen molar-refractivity contribution in [2.75, 3.05) is 0 Å². The highest BCUT2D eigenvalue weighted by Crippen LogP contribution is 2.32. The lowest BCUT2D eigenvalue weighted by molar-refractivity contribution is -0.123. The Bertz CT molecular complexity index is 1100. The summed E-state index contributed by atoms with van der Waals surface area (Å²) in [4.78, 5) is 37.0. The lowest BCUT2D eigenvalue weighted by Gasteiger charge is -2.20. The van der Waals surface area contributed by atoms with Crippen molar-refractivity contribution in [3.63, 3.8) is 0 Å². The van der Waals surface area contributed by atoms with Crippen LogP contribution >= 0.6 is 11.3 Å². The second kappa shape index (κ2) is 8.00. The zero-order valence-electron chi connectivity index (χ0n) is 16.1. The van der Waals surface area contributed by atoms with Crippen LogP contribution in [0.25, 0.3) is 0 Å². The molecule has 1 saturated heterocycles. The maximum absolute atomic E-state index is 12.7. The van der Waals surface area contributed by atoms with Gasteiger partial charge in [-0.2, -0.15) is 0 Å². The fourth-order valence-corrected chi connectivity index (χ4v) is 4.16. The first-order chi connectivity index (χ1) is 14.5. The van der Waals surface area contributed by atoms with E-state index in [0.717, 1.165) is 11.3 Å². The van der Waals surface area contributed by atoms with E-state index in [1.807, 2.05) is 54.6 Å². The number of nitrogens with one attached hydrogen (secondary N) is 3. The van der Waals surface area contributed by atoms with Gasteiger partial charge in [0.05, 0.1) is 10.4 Å². The van der Waals surface area contributed by atoms with Crippen LogP contribution in [0.15, 0.2) is 66.0 Å². The normalized spacial score (nSPS) is 17.9.